The fraction of sp³-hybridized carbons (Fsp3) is 0.741. The number of hydrogen-bond acceptors (Lipinski definition) is 7. The first kappa shape index (κ1) is 24.8. The van der Waals surface area contributed by atoms with Crippen molar-refractivity contribution in [2.45, 2.75) is 97.1 Å². The molecule has 0 heterocycles. The molecule has 0 aromatic carbocycles. The van der Waals surface area contributed by atoms with Crippen molar-refractivity contribution in [3.8, 4) is 12.3 Å². The highest BCUT2D eigenvalue weighted by Crippen LogP contribution is 2.68. The summed E-state index contributed by atoms with van der Waals surface area (Å²) in [5.41, 5.74) is -1.25. The topological polar surface area (TPSA) is 99.1 Å². The minimum Gasteiger partial charge on any atom is -0.462 e. The van der Waals surface area contributed by atoms with E-state index in [0.29, 0.717) is 32.1 Å². The van der Waals surface area contributed by atoms with E-state index in [1.54, 1.807) is 0 Å². The molecule has 7 nitrogen and oxygen atoms in total. The van der Waals surface area contributed by atoms with Gasteiger partial charge in [0, 0.05) is 44.4 Å². The summed E-state index contributed by atoms with van der Waals surface area (Å²) in [7, 11) is 0. The van der Waals surface area contributed by atoms with E-state index in [-0.39, 0.29) is 41.2 Å². The summed E-state index contributed by atoms with van der Waals surface area (Å²) in [5.74, 6) is 1.27. The zero-order chi connectivity index (χ0) is 25.1. The van der Waals surface area contributed by atoms with Gasteiger partial charge in [-0.25, -0.2) is 0 Å². The summed E-state index contributed by atoms with van der Waals surface area (Å²) in [6.45, 7) is 8.37. The number of carbonyl (C=O) groups is 3. The van der Waals surface area contributed by atoms with E-state index in [4.69, 9.17) is 20.6 Å². The van der Waals surface area contributed by atoms with E-state index in [9.17, 15) is 19.5 Å². The van der Waals surface area contributed by atoms with E-state index in [0.717, 1.165) is 12.0 Å². The third-order valence-electron chi connectivity index (χ3n) is 9.32. The van der Waals surface area contributed by atoms with Gasteiger partial charge in [0.05, 0.1) is 0 Å². The Kier molecular flexibility index (Phi) is 6.13. The fourth-order valence-corrected chi connectivity index (χ4v) is 7.88. The lowest BCUT2D eigenvalue weighted by Crippen LogP contribution is -2.63. The predicted octanol–water partition coefficient (Wildman–Crippen LogP) is 3.33. The first-order valence-electron chi connectivity index (χ1n) is 12.3. The maximum Gasteiger partial charge on any atom is 0.303 e. The molecule has 0 saturated heterocycles. The molecule has 34 heavy (non-hydrogen) atoms. The van der Waals surface area contributed by atoms with Crippen molar-refractivity contribution in [3.63, 3.8) is 0 Å². The van der Waals surface area contributed by atoms with Gasteiger partial charge in [0.15, 0.2) is 0 Å². The molecule has 3 saturated carbocycles. The maximum absolute atomic E-state index is 12.2. The lowest BCUT2D eigenvalue weighted by atomic mass is 9.45. The van der Waals surface area contributed by atoms with Gasteiger partial charge < -0.3 is 19.3 Å². The van der Waals surface area contributed by atoms with Gasteiger partial charge in [0.25, 0.3) is 0 Å². The molecule has 7 heteroatoms. The first-order chi connectivity index (χ1) is 15.8. The minimum absolute atomic E-state index is 0.00414. The second kappa shape index (κ2) is 8.41. The molecule has 0 aromatic rings. The maximum atomic E-state index is 12.2. The molecule has 0 bridgehead atoms. The second-order valence-electron chi connectivity index (χ2n) is 11.2. The summed E-state index contributed by atoms with van der Waals surface area (Å²) < 4.78 is 17.4. The van der Waals surface area contributed by atoms with Gasteiger partial charge in [-0.1, -0.05) is 25.3 Å². The Morgan fingerprint density at radius 1 is 1.03 bits per heavy atom. The summed E-state index contributed by atoms with van der Waals surface area (Å²) in [5, 5.41) is 11.4. The van der Waals surface area contributed by atoms with Crippen LogP contribution in [0.15, 0.2) is 11.6 Å². The Balaban J connectivity index is 1.84. The van der Waals surface area contributed by atoms with Gasteiger partial charge in [-0.15, -0.1) is 6.42 Å². The number of aliphatic hydroxyl groups is 1. The average Bonchev–Trinajstić information content (AvgIpc) is 2.98. The molecular formula is C27H36O7. The van der Waals surface area contributed by atoms with Crippen LogP contribution < -0.4 is 0 Å². The van der Waals surface area contributed by atoms with Crippen LogP contribution in [0.1, 0.15) is 73.1 Å². The second-order valence-corrected chi connectivity index (χ2v) is 11.2. The van der Waals surface area contributed by atoms with Crippen molar-refractivity contribution in [2.24, 2.45) is 28.6 Å². The highest BCUT2D eigenvalue weighted by Gasteiger charge is 2.69. The SMILES string of the molecule is C#C[C@]1(O)CC[C@H]2[C@H]3C([C@H](OC(C)=O)C[C@@]21C)[C@@]1(C)CC[C@H](OC(C)=O)CC1=C[C@@H]3OC(C)=O. The molecular weight excluding hydrogens is 436 g/mol. The number of ether oxygens (including phenoxy) is 3. The highest BCUT2D eigenvalue weighted by atomic mass is 16.6. The van der Waals surface area contributed by atoms with Crippen molar-refractivity contribution in [1.82, 2.24) is 0 Å². The number of carbonyl (C=O) groups excluding carboxylic acids is 3. The van der Waals surface area contributed by atoms with Crippen LogP contribution in [-0.4, -0.2) is 46.9 Å². The molecule has 0 amide bonds. The van der Waals surface area contributed by atoms with Crippen LogP contribution in [0.3, 0.4) is 0 Å². The van der Waals surface area contributed by atoms with Crippen LogP contribution in [0.4, 0.5) is 0 Å². The molecule has 1 N–H and O–H groups in total. The van der Waals surface area contributed by atoms with Crippen LogP contribution >= 0.6 is 0 Å². The molecule has 186 valence electrons. The molecule has 1 unspecified atom stereocenters. The van der Waals surface area contributed by atoms with E-state index < -0.39 is 29.2 Å². The van der Waals surface area contributed by atoms with E-state index in [1.165, 1.54) is 20.8 Å². The fourth-order valence-electron chi connectivity index (χ4n) is 7.88. The summed E-state index contributed by atoms with van der Waals surface area (Å²) in [4.78, 5) is 36.0. The number of terminal acetylenes is 1. The smallest absolute Gasteiger partial charge is 0.303 e. The molecule has 4 aliphatic rings. The lowest BCUT2D eigenvalue weighted by Gasteiger charge is -2.61. The lowest BCUT2D eigenvalue weighted by molar-refractivity contribution is -0.200. The van der Waals surface area contributed by atoms with Gasteiger partial charge in [-0.05, 0) is 49.5 Å². The third-order valence-corrected chi connectivity index (χ3v) is 9.32. The van der Waals surface area contributed by atoms with Gasteiger partial charge in [0.1, 0.15) is 23.9 Å². The van der Waals surface area contributed by atoms with Crippen molar-refractivity contribution in [2.75, 3.05) is 0 Å². The Morgan fingerprint density at radius 2 is 1.68 bits per heavy atom. The Morgan fingerprint density at radius 3 is 2.26 bits per heavy atom. The normalized spacial score (nSPS) is 44.9. The van der Waals surface area contributed by atoms with Crippen molar-refractivity contribution in [1.29, 1.82) is 0 Å². The highest BCUT2D eigenvalue weighted by molar-refractivity contribution is 5.67. The summed E-state index contributed by atoms with van der Waals surface area (Å²) in [6.07, 6.45) is 10.2. The molecule has 0 aliphatic heterocycles. The number of hydrogen-bond donors (Lipinski definition) is 1. The third kappa shape index (κ3) is 3.75. The molecule has 3 fully saturated rings. The van der Waals surface area contributed by atoms with Crippen LogP contribution in [-0.2, 0) is 28.6 Å². The van der Waals surface area contributed by atoms with Crippen molar-refractivity contribution < 1.29 is 33.7 Å². The largest absolute Gasteiger partial charge is 0.462 e. The van der Waals surface area contributed by atoms with Crippen LogP contribution in [0.2, 0.25) is 0 Å². The molecule has 0 radical (unpaired) electrons. The molecule has 4 aliphatic carbocycles. The summed E-state index contributed by atoms with van der Waals surface area (Å²) >= 11 is 0. The predicted molar refractivity (Wildman–Crippen MR) is 123 cm³/mol. The Labute approximate surface area is 201 Å². The number of fused-ring (bicyclic) bond motifs is 5. The van der Waals surface area contributed by atoms with E-state index >= 15 is 0 Å². The first-order valence-corrected chi connectivity index (χ1v) is 12.3. The molecule has 4 rings (SSSR count). The standard InChI is InChI=1S/C27H36O7/c1-7-27(31)11-9-20-23-21(33-16(3)29)13-18-12-19(32-15(2)28)8-10-25(18,5)24(23)22(34-17(4)30)14-26(20,27)6/h1,13,19-24,31H,8-12,14H2,2-6H3/t19-,20-,21-,22+,23+,24?,25-,26-,27-/m0/s1. The Hall–Kier alpha value is -2.33. The van der Waals surface area contributed by atoms with Gasteiger partial charge >= 0.3 is 17.9 Å². The Bertz CT molecular complexity index is 963. The quantitative estimate of drug-likeness (QED) is 0.291. The van der Waals surface area contributed by atoms with Crippen LogP contribution in [0.25, 0.3) is 0 Å². The van der Waals surface area contributed by atoms with Crippen LogP contribution in [0.5, 0.6) is 0 Å². The van der Waals surface area contributed by atoms with Crippen molar-refractivity contribution >= 4 is 17.9 Å². The summed E-state index contributed by atoms with van der Waals surface area (Å²) in [6, 6.07) is 0. The van der Waals surface area contributed by atoms with Crippen LogP contribution in [0, 0.1) is 40.9 Å². The van der Waals surface area contributed by atoms with Gasteiger partial charge in [-0.3, -0.25) is 14.4 Å². The van der Waals surface area contributed by atoms with Crippen molar-refractivity contribution in [3.05, 3.63) is 11.6 Å². The van der Waals surface area contributed by atoms with Gasteiger partial charge in [-0.2, -0.15) is 0 Å². The number of rotatable bonds is 3. The average molecular weight is 473 g/mol. The van der Waals surface area contributed by atoms with Gasteiger partial charge in [0.2, 0.25) is 0 Å². The van der Waals surface area contributed by atoms with E-state index in [2.05, 4.69) is 12.8 Å². The van der Waals surface area contributed by atoms with E-state index in [1.807, 2.05) is 13.0 Å². The monoisotopic (exact) mass is 472 g/mol. The molecule has 0 spiro atoms. The molecule has 0 aromatic heterocycles. The molecule has 9 atom stereocenters. The number of esters is 3. The zero-order valence-corrected chi connectivity index (χ0v) is 20.8. The minimum atomic E-state index is -1.32. The zero-order valence-electron chi connectivity index (χ0n) is 20.8.